The molecule has 0 aliphatic carbocycles. The van der Waals surface area contributed by atoms with Crippen LogP contribution >= 0.6 is 11.8 Å². The molecule has 0 saturated carbocycles. The predicted molar refractivity (Wildman–Crippen MR) is 101 cm³/mol. The van der Waals surface area contributed by atoms with Gasteiger partial charge in [0.05, 0.1) is 23.6 Å². The Morgan fingerprint density at radius 2 is 2.04 bits per heavy atom. The number of rotatable bonds is 9. The molecule has 9 heteroatoms. The lowest BCUT2D eigenvalue weighted by Gasteiger charge is -2.10. The molecule has 0 atom stereocenters. The van der Waals surface area contributed by atoms with Crippen LogP contribution in [0.3, 0.4) is 0 Å². The first-order chi connectivity index (χ1) is 12.6. The van der Waals surface area contributed by atoms with E-state index in [0.29, 0.717) is 35.3 Å². The molecule has 0 bridgehead atoms. The molecule has 0 saturated heterocycles. The molecule has 8 nitrogen and oxygen atoms in total. The van der Waals surface area contributed by atoms with Gasteiger partial charge in [-0.15, -0.1) is 10.2 Å². The van der Waals surface area contributed by atoms with Crippen LogP contribution in [0, 0.1) is 0 Å². The van der Waals surface area contributed by atoms with Gasteiger partial charge in [0.1, 0.15) is 0 Å². The Balaban J connectivity index is 1.96. The van der Waals surface area contributed by atoms with Crippen LogP contribution in [0.25, 0.3) is 0 Å². The fraction of sp³-hybridized carbons (Fsp3) is 0.412. The number of aryl methyl sites for hydroxylation is 1. The van der Waals surface area contributed by atoms with E-state index in [0.717, 1.165) is 12.8 Å². The average Bonchev–Trinajstić information content (AvgIpc) is 3.00. The van der Waals surface area contributed by atoms with Crippen LogP contribution in [0.4, 0.5) is 5.69 Å². The van der Waals surface area contributed by atoms with Crippen molar-refractivity contribution in [2.45, 2.75) is 38.3 Å². The van der Waals surface area contributed by atoms with E-state index in [-0.39, 0.29) is 11.7 Å². The second kappa shape index (κ2) is 9.81. The van der Waals surface area contributed by atoms with Crippen LogP contribution in [-0.4, -0.2) is 39.1 Å². The van der Waals surface area contributed by atoms with Gasteiger partial charge in [-0.1, -0.05) is 44.2 Å². The molecule has 26 heavy (non-hydrogen) atoms. The van der Waals surface area contributed by atoms with Crippen molar-refractivity contribution in [3.8, 4) is 0 Å². The quantitative estimate of drug-likeness (QED) is 0.298. The molecule has 0 spiro atoms. The van der Waals surface area contributed by atoms with E-state index < -0.39 is 5.97 Å². The maximum atomic E-state index is 12.2. The number of benzene rings is 1. The summed E-state index contributed by atoms with van der Waals surface area (Å²) in [6, 6.07) is 6.76. The summed E-state index contributed by atoms with van der Waals surface area (Å²) in [7, 11) is 0. The number of esters is 1. The average molecular weight is 377 g/mol. The van der Waals surface area contributed by atoms with Crippen molar-refractivity contribution in [3.05, 3.63) is 35.7 Å². The van der Waals surface area contributed by atoms with Gasteiger partial charge >= 0.3 is 5.97 Å². The summed E-state index contributed by atoms with van der Waals surface area (Å²) in [5, 5.41) is 11.1. The van der Waals surface area contributed by atoms with E-state index in [9.17, 15) is 9.59 Å². The van der Waals surface area contributed by atoms with Gasteiger partial charge < -0.3 is 15.9 Å². The zero-order chi connectivity index (χ0) is 18.9. The molecule has 1 heterocycles. The number of hydrogen-bond donors (Lipinski definition) is 2. The fourth-order valence-corrected chi connectivity index (χ4v) is 2.80. The first-order valence-electron chi connectivity index (χ1n) is 8.45. The van der Waals surface area contributed by atoms with Crippen LogP contribution < -0.4 is 11.2 Å². The molecule has 0 aliphatic rings. The summed E-state index contributed by atoms with van der Waals surface area (Å²) in [6.45, 7) is 4.30. The third-order valence-corrected chi connectivity index (χ3v) is 4.48. The number of nitrogens with one attached hydrogen (secondary N) is 1. The number of nitrogen functional groups attached to an aromatic ring is 1. The standard InChI is InChI=1S/C17H23N5O3S/c1-3-5-10-25-16(24)12-8-6-7-9-13(12)19-15(23)11-26-17-21-20-14(4-2)22(17)18/h6-9H,3-5,10-11,18H2,1-2H3,(H,19,23). The largest absolute Gasteiger partial charge is 0.462 e. The molecular weight excluding hydrogens is 354 g/mol. The predicted octanol–water partition coefficient (Wildman–Crippen LogP) is 2.24. The highest BCUT2D eigenvalue weighted by atomic mass is 32.2. The van der Waals surface area contributed by atoms with E-state index in [1.54, 1.807) is 24.3 Å². The van der Waals surface area contributed by atoms with Crippen molar-refractivity contribution >= 4 is 29.3 Å². The Hall–Kier alpha value is -2.55. The Kier molecular flexibility index (Phi) is 7.46. The number of amides is 1. The van der Waals surface area contributed by atoms with Gasteiger partial charge in [-0.05, 0) is 18.6 Å². The summed E-state index contributed by atoms with van der Waals surface area (Å²) < 4.78 is 6.59. The molecule has 1 amide bonds. The number of carbonyl (C=O) groups is 2. The minimum atomic E-state index is -0.448. The minimum absolute atomic E-state index is 0.0955. The Morgan fingerprint density at radius 1 is 1.27 bits per heavy atom. The molecule has 0 unspecified atom stereocenters. The Morgan fingerprint density at radius 3 is 2.73 bits per heavy atom. The van der Waals surface area contributed by atoms with E-state index >= 15 is 0 Å². The first-order valence-corrected chi connectivity index (χ1v) is 9.43. The summed E-state index contributed by atoms with van der Waals surface area (Å²) >= 11 is 1.18. The van der Waals surface area contributed by atoms with E-state index in [2.05, 4.69) is 15.5 Å². The molecule has 0 fully saturated rings. The number of anilines is 1. The van der Waals surface area contributed by atoms with Crippen LogP contribution in [0.2, 0.25) is 0 Å². The molecule has 1 aromatic heterocycles. The molecule has 0 radical (unpaired) electrons. The lowest BCUT2D eigenvalue weighted by atomic mass is 10.2. The smallest absolute Gasteiger partial charge is 0.340 e. The van der Waals surface area contributed by atoms with Gasteiger partial charge in [-0.3, -0.25) is 4.79 Å². The molecule has 2 rings (SSSR count). The van der Waals surface area contributed by atoms with Crippen molar-refractivity contribution < 1.29 is 14.3 Å². The van der Waals surface area contributed by atoms with Crippen molar-refractivity contribution in [3.63, 3.8) is 0 Å². The number of carbonyl (C=O) groups excluding carboxylic acids is 2. The molecular formula is C17H23N5O3S. The summed E-state index contributed by atoms with van der Waals surface area (Å²) in [6.07, 6.45) is 2.40. The van der Waals surface area contributed by atoms with Crippen LogP contribution in [-0.2, 0) is 16.0 Å². The van der Waals surface area contributed by atoms with E-state index in [1.165, 1.54) is 16.4 Å². The van der Waals surface area contributed by atoms with Gasteiger partial charge in [0, 0.05) is 6.42 Å². The van der Waals surface area contributed by atoms with Gasteiger partial charge in [0.2, 0.25) is 11.1 Å². The third kappa shape index (κ3) is 5.22. The summed E-state index contributed by atoms with van der Waals surface area (Å²) in [4.78, 5) is 24.4. The zero-order valence-electron chi connectivity index (χ0n) is 14.9. The lowest BCUT2D eigenvalue weighted by molar-refractivity contribution is -0.113. The van der Waals surface area contributed by atoms with Gasteiger partial charge in [0.15, 0.2) is 5.82 Å². The molecule has 3 N–H and O–H groups in total. The minimum Gasteiger partial charge on any atom is -0.462 e. The monoisotopic (exact) mass is 377 g/mol. The number of aromatic nitrogens is 3. The number of nitrogens with two attached hydrogens (primary N) is 1. The molecule has 0 aliphatic heterocycles. The number of unbranched alkanes of at least 4 members (excludes halogenated alkanes) is 1. The fourth-order valence-electron chi connectivity index (χ4n) is 2.12. The van der Waals surface area contributed by atoms with Crippen LogP contribution in [0.5, 0.6) is 0 Å². The van der Waals surface area contributed by atoms with Crippen molar-refractivity contribution in [1.29, 1.82) is 0 Å². The number of thioether (sulfide) groups is 1. The van der Waals surface area contributed by atoms with Crippen LogP contribution in [0.1, 0.15) is 42.9 Å². The normalized spacial score (nSPS) is 10.5. The highest BCUT2D eigenvalue weighted by Gasteiger charge is 2.16. The molecule has 1 aromatic carbocycles. The number of ether oxygens (including phenoxy) is 1. The van der Waals surface area contributed by atoms with Crippen molar-refractivity contribution in [2.75, 3.05) is 23.5 Å². The van der Waals surface area contributed by atoms with E-state index in [1.807, 2.05) is 13.8 Å². The number of nitrogens with zero attached hydrogens (tertiary/aromatic N) is 3. The number of para-hydroxylation sites is 1. The van der Waals surface area contributed by atoms with Gasteiger partial charge in [-0.25, -0.2) is 9.47 Å². The molecule has 140 valence electrons. The molecule has 2 aromatic rings. The third-order valence-electron chi connectivity index (χ3n) is 3.54. The van der Waals surface area contributed by atoms with Gasteiger partial charge in [-0.2, -0.15) is 0 Å². The van der Waals surface area contributed by atoms with Crippen molar-refractivity contribution in [1.82, 2.24) is 14.9 Å². The summed E-state index contributed by atoms with van der Waals surface area (Å²) in [5.41, 5.74) is 0.750. The maximum absolute atomic E-state index is 12.2. The first kappa shape index (κ1) is 19.8. The number of hydrogen-bond acceptors (Lipinski definition) is 7. The topological polar surface area (TPSA) is 112 Å². The highest BCUT2D eigenvalue weighted by molar-refractivity contribution is 7.99. The summed E-state index contributed by atoms with van der Waals surface area (Å²) in [5.74, 6) is 5.87. The SMILES string of the molecule is CCCCOC(=O)c1ccccc1NC(=O)CSc1nnc(CC)n1N. The van der Waals surface area contributed by atoms with Gasteiger partial charge in [0.25, 0.3) is 0 Å². The van der Waals surface area contributed by atoms with Crippen LogP contribution in [0.15, 0.2) is 29.4 Å². The Labute approximate surface area is 156 Å². The highest BCUT2D eigenvalue weighted by Crippen LogP contribution is 2.19. The Bertz CT molecular complexity index is 763. The second-order valence-corrected chi connectivity index (χ2v) is 6.44. The van der Waals surface area contributed by atoms with E-state index in [4.69, 9.17) is 10.6 Å². The lowest BCUT2D eigenvalue weighted by Crippen LogP contribution is -2.19. The maximum Gasteiger partial charge on any atom is 0.340 e. The second-order valence-electron chi connectivity index (χ2n) is 5.49. The van der Waals surface area contributed by atoms with Crippen molar-refractivity contribution in [2.24, 2.45) is 0 Å². The zero-order valence-corrected chi connectivity index (χ0v) is 15.7.